The largest absolute Gasteiger partial charge is 0.326 e. The van der Waals surface area contributed by atoms with Gasteiger partial charge in [0.25, 0.3) is 5.91 Å². The summed E-state index contributed by atoms with van der Waals surface area (Å²) in [6.07, 6.45) is 2.59. The van der Waals surface area contributed by atoms with Crippen LogP contribution < -0.4 is 16.0 Å². The summed E-state index contributed by atoms with van der Waals surface area (Å²) in [5.74, 6) is -2.50. The Balaban J connectivity index is 1.66. The molecule has 0 spiro atoms. The molecule has 2 amide bonds. The van der Waals surface area contributed by atoms with Crippen LogP contribution in [0.15, 0.2) is 54.9 Å². The molecule has 0 fully saturated rings. The maximum Gasteiger partial charge on any atom is 0.258 e. The number of aromatic nitrogens is 2. The van der Waals surface area contributed by atoms with E-state index in [0.29, 0.717) is 11.4 Å². The number of nitrogens with one attached hydrogen (secondary N) is 3. The third-order valence-electron chi connectivity index (χ3n) is 3.53. The van der Waals surface area contributed by atoms with Crippen molar-refractivity contribution in [2.75, 3.05) is 16.0 Å². The molecule has 3 rings (SSSR count). The first-order valence-electron chi connectivity index (χ1n) is 8.14. The second-order valence-corrected chi connectivity index (χ2v) is 5.77. The molecule has 1 aromatic heterocycles. The lowest BCUT2D eigenvalue weighted by Crippen LogP contribution is -2.13. The van der Waals surface area contributed by atoms with Crippen molar-refractivity contribution in [3.05, 3.63) is 72.1 Å². The molecule has 142 valence electrons. The summed E-state index contributed by atoms with van der Waals surface area (Å²) in [4.78, 5) is 31.4. The Labute approximate surface area is 158 Å². The molecule has 0 aliphatic carbocycles. The van der Waals surface area contributed by atoms with Crippen LogP contribution in [0.3, 0.4) is 0 Å². The second-order valence-electron chi connectivity index (χ2n) is 5.77. The molecule has 7 nitrogen and oxygen atoms in total. The molecule has 3 aromatic rings. The zero-order valence-electron chi connectivity index (χ0n) is 14.7. The average Bonchev–Trinajstić information content (AvgIpc) is 2.65. The highest BCUT2D eigenvalue weighted by Gasteiger charge is 2.09. The highest BCUT2D eigenvalue weighted by atomic mass is 19.2. The van der Waals surface area contributed by atoms with E-state index < -0.39 is 17.5 Å². The zero-order chi connectivity index (χ0) is 20.1. The molecule has 2 aromatic carbocycles. The molecule has 0 saturated heterocycles. The summed E-state index contributed by atoms with van der Waals surface area (Å²) in [6, 6.07) is 9.95. The predicted octanol–water partition coefficient (Wildman–Crippen LogP) is 3.71. The number of nitrogens with zero attached hydrogens (tertiary/aromatic N) is 2. The van der Waals surface area contributed by atoms with Crippen LogP contribution in [0.5, 0.6) is 0 Å². The van der Waals surface area contributed by atoms with Crippen LogP contribution >= 0.6 is 0 Å². The standard InChI is InChI=1S/C19H15F2N5O2/c1-11(27)24-13-3-2-4-14(7-13)25-18(28)12-9-22-19(23-10-12)26-15-5-6-16(20)17(21)8-15/h2-10H,1H3,(H,24,27)(H,25,28)(H,22,23,26). The van der Waals surface area contributed by atoms with Crippen molar-refractivity contribution < 1.29 is 18.4 Å². The van der Waals surface area contributed by atoms with Crippen LogP contribution in [-0.2, 0) is 4.79 Å². The minimum atomic E-state index is -0.998. The molecular weight excluding hydrogens is 368 g/mol. The van der Waals surface area contributed by atoms with Crippen molar-refractivity contribution in [3.8, 4) is 0 Å². The van der Waals surface area contributed by atoms with Crippen molar-refractivity contribution in [3.63, 3.8) is 0 Å². The minimum absolute atomic E-state index is 0.121. The number of hydrogen-bond acceptors (Lipinski definition) is 5. The first-order valence-corrected chi connectivity index (χ1v) is 8.14. The van der Waals surface area contributed by atoms with E-state index in [9.17, 15) is 18.4 Å². The van der Waals surface area contributed by atoms with Gasteiger partial charge in [0, 0.05) is 42.4 Å². The smallest absolute Gasteiger partial charge is 0.258 e. The van der Waals surface area contributed by atoms with Gasteiger partial charge in [0.15, 0.2) is 11.6 Å². The van der Waals surface area contributed by atoms with Crippen LogP contribution in [0.25, 0.3) is 0 Å². The van der Waals surface area contributed by atoms with Crippen molar-refractivity contribution in [2.45, 2.75) is 6.92 Å². The summed E-state index contributed by atoms with van der Waals surface area (Å²) >= 11 is 0. The van der Waals surface area contributed by atoms with Crippen molar-refractivity contribution in [2.24, 2.45) is 0 Å². The maximum absolute atomic E-state index is 13.2. The van der Waals surface area contributed by atoms with Gasteiger partial charge < -0.3 is 16.0 Å². The topological polar surface area (TPSA) is 96.0 Å². The fraction of sp³-hybridized carbons (Fsp3) is 0.0526. The first kappa shape index (κ1) is 18.9. The van der Waals surface area contributed by atoms with Crippen LogP contribution in [-0.4, -0.2) is 21.8 Å². The lowest BCUT2D eigenvalue weighted by atomic mass is 10.2. The summed E-state index contributed by atoms with van der Waals surface area (Å²) in [5.41, 5.74) is 1.50. The summed E-state index contributed by atoms with van der Waals surface area (Å²) < 4.78 is 26.2. The molecule has 28 heavy (non-hydrogen) atoms. The summed E-state index contributed by atoms with van der Waals surface area (Å²) in [5, 5.41) is 8.01. The first-order chi connectivity index (χ1) is 13.4. The number of carbonyl (C=O) groups excluding carboxylic acids is 2. The molecule has 0 aliphatic heterocycles. The van der Waals surface area contributed by atoms with E-state index in [-0.39, 0.29) is 23.1 Å². The Morgan fingerprint density at radius 3 is 2.18 bits per heavy atom. The van der Waals surface area contributed by atoms with Crippen LogP contribution in [0, 0.1) is 11.6 Å². The molecule has 0 unspecified atom stereocenters. The monoisotopic (exact) mass is 383 g/mol. The lowest BCUT2D eigenvalue weighted by molar-refractivity contribution is -0.114. The summed E-state index contributed by atoms with van der Waals surface area (Å²) in [7, 11) is 0. The van der Waals surface area contributed by atoms with Crippen LogP contribution in [0.1, 0.15) is 17.3 Å². The van der Waals surface area contributed by atoms with Gasteiger partial charge in [-0.3, -0.25) is 9.59 Å². The fourth-order valence-corrected chi connectivity index (χ4v) is 2.29. The Hall–Kier alpha value is -3.88. The van der Waals surface area contributed by atoms with E-state index in [2.05, 4.69) is 25.9 Å². The molecule has 0 atom stereocenters. The van der Waals surface area contributed by atoms with Crippen molar-refractivity contribution in [1.82, 2.24) is 9.97 Å². The van der Waals surface area contributed by atoms with Gasteiger partial charge >= 0.3 is 0 Å². The van der Waals surface area contributed by atoms with E-state index in [4.69, 9.17) is 0 Å². The Morgan fingerprint density at radius 2 is 1.54 bits per heavy atom. The maximum atomic E-state index is 13.2. The van der Waals surface area contributed by atoms with E-state index in [1.54, 1.807) is 24.3 Å². The average molecular weight is 383 g/mol. The Kier molecular flexibility index (Phi) is 5.54. The van der Waals surface area contributed by atoms with Gasteiger partial charge in [0.2, 0.25) is 11.9 Å². The van der Waals surface area contributed by atoms with Gasteiger partial charge in [-0.1, -0.05) is 6.07 Å². The third-order valence-corrected chi connectivity index (χ3v) is 3.53. The van der Waals surface area contributed by atoms with Gasteiger partial charge in [-0.15, -0.1) is 0 Å². The Bertz CT molecular complexity index is 1030. The molecule has 0 saturated carbocycles. The molecule has 9 heteroatoms. The number of amides is 2. The highest BCUT2D eigenvalue weighted by Crippen LogP contribution is 2.18. The van der Waals surface area contributed by atoms with E-state index in [0.717, 1.165) is 12.1 Å². The zero-order valence-corrected chi connectivity index (χ0v) is 14.7. The van der Waals surface area contributed by atoms with E-state index >= 15 is 0 Å². The van der Waals surface area contributed by atoms with Gasteiger partial charge in [-0.2, -0.15) is 0 Å². The summed E-state index contributed by atoms with van der Waals surface area (Å²) in [6.45, 7) is 1.39. The van der Waals surface area contributed by atoms with E-state index in [1.165, 1.54) is 25.4 Å². The number of halogens is 2. The predicted molar refractivity (Wildman–Crippen MR) is 100 cm³/mol. The van der Waals surface area contributed by atoms with Gasteiger partial charge in [0.1, 0.15) is 0 Å². The van der Waals surface area contributed by atoms with Crippen LogP contribution in [0.2, 0.25) is 0 Å². The molecule has 0 radical (unpaired) electrons. The number of hydrogen-bond donors (Lipinski definition) is 3. The molecule has 1 heterocycles. The number of rotatable bonds is 5. The second kappa shape index (κ2) is 8.21. The number of anilines is 4. The molecule has 3 N–H and O–H groups in total. The fourth-order valence-electron chi connectivity index (χ4n) is 2.29. The lowest BCUT2D eigenvalue weighted by Gasteiger charge is -2.08. The van der Waals surface area contributed by atoms with E-state index in [1.807, 2.05) is 0 Å². The molecule has 0 aliphatic rings. The minimum Gasteiger partial charge on any atom is -0.326 e. The third kappa shape index (κ3) is 4.85. The highest BCUT2D eigenvalue weighted by molar-refractivity contribution is 6.04. The SMILES string of the molecule is CC(=O)Nc1cccc(NC(=O)c2cnc(Nc3ccc(F)c(F)c3)nc2)c1. The van der Waals surface area contributed by atoms with Gasteiger partial charge in [-0.05, 0) is 30.3 Å². The van der Waals surface area contributed by atoms with Crippen molar-refractivity contribution >= 4 is 34.8 Å². The quantitative estimate of drug-likeness (QED) is 0.624. The number of benzene rings is 2. The van der Waals surface area contributed by atoms with Crippen LogP contribution in [0.4, 0.5) is 31.8 Å². The number of carbonyl (C=O) groups is 2. The molecular formula is C19H15F2N5O2. The van der Waals surface area contributed by atoms with Gasteiger partial charge in [-0.25, -0.2) is 18.7 Å². The Morgan fingerprint density at radius 1 is 0.857 bits per heavy atom. The van der Waals surface area contributed by atoms with Gasteiger partial charge in [0.05, 0.1) is 5.56 Å². The molecule has 0 bridgehead atoms. The van der Waals surface area contributed by atoms with Crippen molar-refractivity contribution in [1.29, 1.82) is 0 Å². The normalized spacial score (nSPS) is 10.2.